The van der Waals surface area contributed by atoms with Crippen LogP contribution in [0.5, 0.6) is 5.75 Å². The van der Waals surface area contributed by atoms with Crippen LogP contribution in [-0.4, -0.2) is 51.8 Å². The second kappa shape index (κ2) is 12.0. The summed E-state index contributed by atoms with van der Waals surface area (Å²) in [6.07, 6.45) is 11.0. The summed E-state index contributed by atoms with van der Waals surface area (Å²) in [5.74, 6) is 0.240. The van der Waals surface area contributed by atoms with Crippen molar-refractivity contribution in [3.8, 4) is 5.75 Å². The number of benzene rings is 2. The largest absolute Gasteiger partial charge is 0.490 e. The number of aryl methyl sites for hydroxylation is 1. The van der Waals surface area contributed by atoms with Gasteiger partial charge in [-0.05, 0) is 117 Å². The molecule has 0 unspecified atom stereocenters. The molecular weight excluding hydrogens is 612 g/mol. The fraction of sp³-hybridized carbons (Fsp3) is 0.543. The van der Waals surface area contributed by atoms with Gasteiger partial charge in [0, 0.05) is 41.9 Å². The lowest BCUT2D eigenvalue weighted by Crippen LogP contribution is -2.49. The third-order valence-corrected chi connectivity index (χ3v) is 12.3. The van der Waals surface area contributed by atoms with Crippen LogP contribution in [0.25, 0.3) is 0 Å². The van der Waals surface area contributed by atoms with Crippen molar-refractivity contribution in [1.82, 2.24) is 4.72 Å². The van der Waals surface area contributed by atoms with E-state index < -0.39 is 15.9 Å². The van der Waals surface area contributed by atoms with Gasteiger partial charge >= 0.3 is 5.97 Å². The predicted molar refractivity (Wildman–Crippen MR) is 173 cm³/mol. The molecule has 45 heavy (non-hydrogen) atoms. The SMILES string of the molecule is CC(=O)O[C@H]1/C=C/C[C@H](C2CC2)CS(=O)(=O)NC(=O)c2ccc3c(c2)N(C[C@@H]2CC[C@H]21)C[C@@]1(CCCc2cc(Cl)ccc21)CO3. The highest BCUT2D eigenvalue weighted by atomic mass is 35.5. The number of rotatable bonds is 2. The van der Waals surface area contributed by atoms with Gasteiger partial charge in [-0.25, -0.2) is 13.1 Å². The Morgan fingerprint density at radius 2 is 1.91 bits per heavy atom. The van der Waals surface area contributed by atoms with Crippen LogP contribution in [-0.2, 0) is 31.4 Å². The van der Waals surface area contributed by atoms with Crippen molar-refractivity contribution in [3.63, 3.8) is 0 Å². The minimum atomic E-state index is -3.88. The van der Waals surface area contributed by atoms with Crippen LogP contribution in [0.15, 0.2) is 48.6 Å². The molecule has 5 atom stereocenters. The second-order valence-electron chi connectivity index (χ2n) is 13.8. The van der Waals surface area contributed by atoms with Crippen molar-refractivity contribution in [3.05, 3.63) is 70.3 Å². The Morgan fingerprint density at radius 1 is 1.09 bits per heavy atom. The number of carbonyl (C=O) groups excluding carboxylic acids is 2. The first-order valence-corrected chi connectivity index (χ1v) is 18.3. The number of hydrogen-bond acceptors (Lipinski definition) is 7. The van der Waals surface area contributed by atoms with E-state index in [-0.39, 0.29) is 46.6 Å². The van der Waals surface area contributed by atoms with E-state index in [1.807, 2.05) is 18.2 Å². The molecule has 1 N–H and O–H groups in total. The molecule has 10 heteroatoms. The summed E-state index contributed by atoms with van der Waals surface area (Å²) in [5, 5.41) is 0.726. The molecular formula is C35H41ClN2O6S. The lowest BCUT2D eigenvalue weighted by molar-refractivity contribution is -0.149. The van der Waals surface area contributed by atoms with Crippen molar-refractivity contribution >= 4 is 39.2 Å². The van der Waals surface area contributed by atoms with Gasteiger partial charge in [0.05, 0.1) is 18.0 Å². The van der Waals surface area contributed by atoms with Crippen molar-refractivity contribution in [2.45, 2.75) is 69.8 Å². The van der Waals surface area contributed by atoms with E-state index in [1.54, 1.807) is 18.2 Å². The fourth-order valence-electron chi connectivity index (χ4n) is 8.13. The van der Waals surface area contributed by atoms with E-state index in [0.29, 0.717) is 37.8 Å². The highest BCUT2D eigenvalue weighted by Crippen LogP contribution is 2.47. The molecule has 0 aromatic heterocycles. The molecule has 240 valence electrons. The number of fused-ring (bicyclic) bond motifs is 4. The van der Waals surface area contributed by atoms with Crippen molar-refractivity contribution in [2.75, 3.05) is 30.3 Å². The van der Waals surface area contributed by atoms with E-state index in [4.69, 9.17) is 21.1 Å². The number of anilines is 1. The fourth-order valence-corrected chi connectivity index (χ4v) is 9.78. The maximum atomic E-state index is 13.4. The number of nitrogens with zero attached hydrogens (tertiary/aromatic N) is 1. The van der Waals surface area contributed by atoms with Crippen LogP contribution in [0.2, 0.25) is 5.02 Å². The van der Waals surface area contributed by atoms with Gasteiger partial charge in [0.25, 0.3) is 5.91 Å². The standard InChI is InChI=1S/C35H41ClN2O6S/c1-22(39)44-32-6-2-4-27(23-7-8-23)19-45(41,42)37-34(40)25-10-14-33-31(17-25)38(18-26-9-12-29(26)32)20-35(21-43-33)15-3-5-24-16-28(36)11-13-30(24)35/h2,6,10-11,13-14,16-17,23,26-27,29,32H,3-5,7-9,12,15,18-21H2,1H3,(H,37,40)/b6-2+/t26-,27-,29+,32-,35-/m0/s1. The van der Waals surface area contributed by atoms with Crippen LogP contribution in [0.1, 0.15) is 73.4 Å². The zero-order chi connectivity index (χ0) is 31.3. The molecule has 2 fully saturated rings. The van der Waals surface area contributed by atoms with Crippen molar-refractivity contribution < 1.29 is 27.5 Å². The number of sulfonamides is 1. The molecule has 3 aliphatic carbocycles. The molecule has 2 bridgehead atoms. The molecule has 2 aliphatic heterocycles. The van der Waals surface area contributed by atoms with Gasteiger partial charge in [0.1, 0.15) is 11.9 Å². The maximum absolute atomic E-state index is 13.4. The Kier molecular flexibility index (Phi) is 8.13. The molecule has 2 heterocycles. The number of esters is 1. The number of hydrogen-bond donors (Lipinski definition) is 1. The zero-order valence-electron chi connectivity index (χ0n) is 25.7. The van der Waals surface area contributed by atoms with Gasteiger partial charge in [0.2, 0.25) is 10.0 Å². The molecule has 1 spiro atoms. The van der Waals surface area contributed by atoms with Gasteiger partial charge in [-0.15, -0.1) is 0 Å². The number of halogens is 1. The van der Waals surface area contributed by atoms with Crippen LogP contribution in [0.4, 0.5) is 5.69 Å². The van der Waals surface area contributed by atoms with Crippen LogP contribution in [0, 0.1) is 23.7 Å². The lowest BCUT2D eigenvalue weighted by atomic mass is 9.68. The normalized spacial score (nSPS) is 31.7. The van der Waals surface area contributed by atoms with Crippen LogP contribution < -0.4 is 14.4 Å². The van der Waals surface area contributed by atoms with Gasteiger partial charge < -0.3 is 14.4 Å². The minimum absolute atomic E-state index is 0.102. The summed E-state index contributed by atoms with van der Waals surface area (Å²) in [7, 11) is -3.88. The molecule has 8 nitrogen and oxygen atoms in total. The summed E-state index contributed by atoms with van der Waals surface area (Å²) < 4.78 is 41.3. The summed E-state index contributed by atoms with van der Waals surface area (Å²) in [4.78, 5) is 28.0. The molecule has 1 amide bonds. The number of ether oxygens (including phenoxy) is 2. The monoisotopic (exact) mass is 652 g/mol. The van der Waals surface area contributed by atoms with Crippen molar-refractivity contribution in [1.29, 1.82) is 0 Å². The second-order valence-corrected chi connectivity index (χ2v) is 16.0. The Bertz CT molecular complexity index is 1640. The third-order valence-electron chi connectivity index (χ3n) is 10.7. The van der Waals surface area contributed by atoms with Gasteiger partial charge in [-0.2, -0.15) is 0 Å². The van der Waals surface area contributed by atoms with E-state index in [0.717, 1.165) is 55.7 Å². The van der Waals surface area contributed by atoms with Gasteiger partial charge in [0.15, 0.2) is 0 Å². The molecule has 0 saturated heterocycles. The van der Waals surface area contributed by atoms with Gasteiger partial charge in [-0.3, -0.25) is 9.59 Å². The molecule has 2 saturated carbocycles. The number of nitrogens with one attached hydrogen (secondary N) is 1. The highest BCUT2D eigenvalue weighted by Gasteiger charge is 2.45. The molecule has 5 aliphatic rings. The van der Waals surface area contributed by atoms with Crippen molar-refractivity contribution in [2.24, 2.45) is 23.7 Å². The number of carbonyl (C=O) groups is 2. The average molecular weight is 653 g/mol. The van der Waals surface area contributed by atoms with Gasteiger partial charge in [-0.1, -0.05) is 23.7 Å². The first-order chi connectivity index (χ1) is 21.6. The first-order valence-electron chi connectivity index (χ1n) is 16.3. The Balaban J connectivity index is 1.29. The molecule has 2 aromatic carbocycles. The van der Waals surface area contributed by atoms with Crippen LogP contribution in [0.3, 0.4) is 0 Å². The Labute approximate surface area is 270 Å². The van der Waals surface area contributed by atoms with E-state index >= 15 is 0 Å². The predicted octanol–water partition coefficient (Wildman–Crippen LogP) is 5.82. The smallest absolute Gasteiger partial charge is 0.303 e. The molecule has 2 aromatic rings. The first kappa shape index (κ1) is 30.6. The highest BCUT2D eigenvalue weighted by molar-refractivity contribution is 7.90. The molecule has 7 rings (SSSR count). The maximum Gasteiger partial charge on any atom is 0.303 e. The van der Waals surface area contributed by atoms with E-state index in [1.165, 1.54) is 18.1 Å². The quantitative estimate of drug-likeness (QED) is 0.322. The third kappa shape index (κ3) is 6.35. The Morgan fingerprint density at radius 3 is 2.67 bits per heavy atom. The summed E-state index contributed by atoms with van der Waals surface area (Å²) in [6, 6.07) is 11.4. The summed E-state index contributed by atoms with van der Waals surface area (Å²) in [6.45, 7) is 3.31. The zero-order valence-corrected chi connectivity index (χ0v) is 27.2. The average Bonchev–Trinajstić information content (AvgIpc) is 3.82. The van der Waals surface area contributed by atoms with E-state index in [2.05, 4.69) is 21.8 Å². The number of allylic oxidation sites excluding steroid dienone is 1. The van der Waals surface area contributed by atoms with E-state index in [9.17, 15) is 18.0 Å². The Hall–Kier alpha value is -3.04. The topological polar surface area (TPSA) is 102 Å². The summed E-state index contributed by atoms with van der Waals surface area (Å²) >= 11 is 6.41. The van der Waals surface area contributed by atoms with Crippen LogP contribution >= 0.6 is 11.6 Å². The minimum Gasteiger partial charge on any atom is -0.490 e. The molecule has 0 radical (unpaired) electrons. The number of amides is 1. The lowest BCUT2D eigenvalue weighted by Gasteiger charge is -2.46. The summed E-state index contributed by atoms with van der Waals surface area (Å²) in [5.41, 5.74) is 3.28.